The monoisotopic (exact) mass is 522 g/mol. The number of hydrogen-bond donors (Lipinski definition) is 2. The molecular weight excluding hydrogens is 488 g/mol. The summed E-state index contributed by atoms with van der Waals surface area (Å²) in [5.41, 5.74) is 5.01. The molecule has 7 rings (SSSR count). The molecule has 2 aromatic rings. The summed E-state index contributed by atoms with van der Waals surface area (Å²) < 4.78 is 17.7. The molecular formula is C27H34N6O3S. The summed E-state index contributed by atoms with van der Waals surface area (Å²) in [5, 5.41) is 6.45. The van der Waals surface area contributed by atoms with Crippen molar-refractivity contribution in [2.45, 2.75) is 49.0 Å². The number of ether oxygens (including phenoxy) is 1. The first-order valence-electron chi connectivity index (χ1n) is 13.5. The van der Waals surface area contributed by atoms with Crippen LogP contribution in [0.4, 0.5) is 22.2 Å². The highest BCUT2D eigenvalue weighted by Crippen LogP contribution is 2.40. The first-order chi connectivity index (χ1) is 18.0. The summed E-state index contributed by atoms with van der Waals surface area (Å²) in [5.74, 6) is 3.21. The number of nitrogens with one attached hydrogen (secondary N) is 2. The molecule has 5 aliphatic rings. The van der Waals surface area contributed by atoms with Gasteiger partial charge in [-0.2, -0.15) is 4.98 Å². The number of fused-ring (bicyclic) bond motifs is 3. The van der Waals surface area contributed by atoms with E-state index in [1.165, 1.54) is 36.8 Å². The van der Waals surface area contributed by atoms with E-state index in [9.17, 15) is 9.00 Å². The Bertz CT molecular complexity index is 1270. The molecule has 0 spiro atoms. The van der Waals surface area contributed by atoms with Gasteiger partial charge in [0.05, 0.1) is 29.1 Å². The number of rotatable bonds is 6. The van der Waals surface area contributed by atoms with Crippen LogP contribution >= 0.6 is 0 Å². The second-order valence-corrected chi connectivity index (χ2v) is 12.8. The van der Waals surface area contributed by atoms with E-state index in [2.05, 4.69) is 38.6 Å². The number of amides is 1. The molecule has 3 aliphatic heterocycles. The van der Waals surface area contributed by atoms with Gasteiger partial charge in [0.15, 0.2) is 0 Å². The van der Waals surface area contributed by atoms with Crippen LogP contribution in [-0.2, 0) is 34.8 Å². The minimum atomic E-state index is -1.10. The fourth-order valence-corrected chi connectivity index (χ4v) is 7.98. The molecule has 10 heteroatoms. The maximum absolute atomic E-state index is 12.9. The lowest BCUT2D eigenvalue weighted by Gasteiger charge is -2.43. The van der Waals surface area contributed by atoms with Crippen molar-refractivity contribution in [3.63, 3.8) is 0 Å². The SMILES string of the molecule is COC(=O)NCC1(Nc2nc(N3C[C@H]4CN(c5ccc6c(c5)CC6)C[C@H]4C3)nc3c2[S@](=O)CC3)CCC1. The number of methoxy groups -OCH3 is 1. The highest BCUT2D eigenvalue weighted by Gasteiger charge is 2.43. The number of anilines is 3. The van der Waals surface area contributed by atoms with Gasteiger partial charge < -0.3 is 25.2 Å². The van der Waals surface area contributed by atoms with Crippen LogP contribution in [0.25, 0.3) is 0 Å². The zero-order chi connectivity index (χ0) is 25.1. The molecule has 0 unspecified atom stereocenters. The van der Waals surface area contributed by atoms with Crippen molar-refractivity contribution in [1.29, 1.82) is 0 Å². The molecule has 0 bridgehead atoms. The Kier molecular flexibility index (Phi) is 5.56. The van der Waals surface area contributed by atoms with Crippen LogP contribution in [0.3, 0.4) is 0 Å². The zero-order valence-electron chi connectivity index (χ0n) is 21.3. The normalized spacial score (nSPS) is 26.6. The minimum absolute atomic E-state index is 0.292. The van der Waals surface area contributed by atoms with Gasteiger partial charge in [0, 0.05) is 62.4 Å². The Labute approximate surface area is 219 Å². The maximum atomic E-state index is 12.9. The first-order valence-corrected chi connectivity index (χ1v) is 14.8. The summed E-state index contributed by atoms with van der Waals surface area (Å²) in [6.45, 7) is 4.49. The van der Waals surface area contributed by atoms with Gasteiger partial charge in [0.2, 0.25) is 5.95 Å². The van der Waals surface area contributed by atoms with Crippen molar-refractivity contribution in [2.75, 3.05) is 60.7 Å². The predicted molar refractivity (Wildman–Crippen MR) is 143 cm³/mol. The molecule has 3 atom stereocenters. The number of alkyl carbamates (subject to hydrolysis) is 1. The number of benzene rings is 1. The predicted octanol–water partition coefficient (Wildman–Crippen LogP) is 2.50. The molecule has 1 amide bonds. The lowest BCUT2D eigenvalue weighted by Crippen LogP contribution is -2.54. The van der Waals surface area contributed by atoms with E-state index in [4.69, 9.17) is 14.7 Å². The standard InChI is InChI=1S/C27H34N6O3S/c1-36-26(34)28-16-27(8-2-9-27)31-24-23-22(7-10-37(23)35)29-25(30-24)33-14-19-12-32(13-20(19)15-33)21-6-5-17-3-4-18(17)11-21/h5-6,11,19-20H,2-4,7-10,12-16H2,1H3,(H,28,34)(H,29,30,31)/t19-,20+,37-/m1/s1. The fourth-order valence-electron chi connectivity index (χ4n) is 6.67. The van der Waals surface area contributed by atoms with Gasteiger partial charge in [-0.05, 0) is 55.4 Å². The lowest BCUT2D eigenvalue weighted by atomic mass is 9.76. The van der Waals surface area contributed by atoms with Gasteiger partial charge in [-0.3, -0.25) is 4.21 Å². The first kappa shape index (κ1) is 23.3. The average molecular weight is 523 g/mol. The largest absolute Gasteiger partial charge is 0.453 e. The Morgan fingerprint density at radius 3 is 2.49 bits per heavy atom. The highest BCUT2D eigenvalue weighted by atomic mass is 32.2. The molecule has 2 N–H and O–H groups in total. The Balaban J connectivity index is 1.09. The molecule has 2 aliphatic carbocycles. The van der Waals surface area contributed by atoms with E-state index in [0.29, 0.717) is 36.4 Å². The van der Waals surface area contributed by atoms with Crippen LogP contribution in [0.1, 0.15) is 36.1 Å². The highest BCUT2D eigenvalue weighted by molar-refractivity contribution is 7.85. The lowest BCUT2D eigenvalue weighted by molar-refractivity contribution is 0.163. The maximum Gasteiger partial charge on any atom is 0.406 e. The molecule has 4 heterocycles. The van der Waals surface area contributed by atoms with E-state index in [1.54, 1.807) is 0 Å². The molecule has 9 nitrogen and oxygen atoms in total. The smallest absolute Gasteiger partial charge is 0.406 e. The van der Waals surface area contributed by atoms with Crippen LogP contribution in [0.5, 0.6) is 0 Å². The summed E-state index contributed by atoms with van der Waals surface area (Å²) >= 11 is 0. The zero-order valence-corrected chi connectivity index (χ0v) is 22.1. The van der Waals surface area contributed by atoms with Gasteiger partial charge in [-0.1, -0.05) is 6.07 Å². The van der Waals surface area contributed by atoms with Crippen LogP contribution in [0, 0.1) is 11.8 Å². The van der Waals surface area contributed by atoms with Crippen molar-refractivity contribution in [3.8, 4) is 0 Å². The number of aryl methyl sites for hydroxylation is 3. The number of carbonyl (C=O) groups excluding carboxylic acids is 1. The van der Waals surface area contributed by atoms with Crippen molar-refractivity contribution >= 4 is 34.3 Å². The molecule has 1 aromatic carbocycles. The topological polar surface area (TPSA) is 99.7 Å². The average Bonchev–Trinajstić information content (AvgIpc) is 3.54. The molecule has 196 valence electrons. The summed E-state index contributed by atoms with van der Waals surface area (Å²) in [6.07, 6.45) is 5.64. The van der Waals surface area contributed by atoms with E-state index < -0.39 is 16.9 Å². The Morgan fingerprint density at radius 2 is 1.84 bits per heavy atom. The Hall–Kier alpha value is -2.88. The van der Waals surface area contributed by atoms with Crippen molar-refractivity contribution in [1.82, 2.24) is 15.3 Å². The summed E-state index contributed by atoms with van der Waals surface area (Å²) in [4.78, 5) is 27.2. The van der Waals surface area contributed by atoms with Gasteiger partial charge in [0.1, 0.15) is 10.7 Å². The third kappa shape index (κ3) is 4.04. The van der Waals surface area contributed by atoms with Crippen molar-refractivity contribution in [2.24, 2.45) is 11.8 Å². The van der Waals surface area contributed by atoms with E-state index in [1.807, 2.05) is 0 Å². The number of carbonyl (C=O) groups is 1. The van der Waals surface area contributed by atoms with E-state index in [0.717, 1.165) is 62.0 Å². The van der Waals surface area contributed by atoms with Crippen LogP contribution in [0.15, 0.2) is 23.1 Å². The van der Waals surface area contributed by atoms with E-state index in [-0.39, 0.29) is 5.54 Å². The molecule has 37 heavy (non-hydrogen) atoms. The molecule has 0 radical (unpaired) electrons. The van der Waals surface area contributed by atoms with Crippen molar-refractivity contribution < 1.29 is 13.7 Å². The number of nitrogens with zero attached hydrogens (tertiary/aromatic N) is 4. The number of aromatic nitrogens is 2. The molecule has 2 saturated heterocycles. The van der Waals surface area contributed by atoms with Crippen LogP contribution < -0.4 is 20.4 Å². The molecule has 1 saturated carbocycles. The molecule has 1 aromatic heterocycles. The van der Waals surface area contributed by atoms with Gasteiger partial charge in [0.25, 0.3) is 0 Å². The van der Waals surface area contributed by atoms with E-state index >= 15 is 0 Å². The van der Waals surface area contributed by atoms with Gasteiger partial charge >= 0.3 is 6.09 Å². The Morgan fingerprint density at radius 1 is 1.08 bits per heavy atom. The van der Waals surface area contributed by atoms with Crippen LogP contribution in [-0.4, -0.2) is 71.4 Å². The minimum Gasteiger partial charge on any atom is -0.453 e. The van der Waals surface area contributed by atoms with Crippen molar-refractivity contribution in [3.05, 3.63) is 35.0 Å². The summed E-state index contributed by atoms with van der Waals surface area (Å²) in [6, 6.07) is 7.00. The van der Waals surface area contributed by atoms with Crippen LogP contribution in [0.2, 0.25) is 0 Å². The summed E-state index contributed by atoms with van der Waals surface area (Å²) in [7, 11) is 0.273. The fraction of sp³-hybridized carbons (Fsp3) is 0.593. The third-order valence-electron chi connectivity index (χ3n) is 9.11. The third-order valence-corrected chi connectivity index (χ3v) is 10.6. The number of hydrogen-bond acceptors (Lipinski definition) is 8. The van der Waals surface area contributed by atoms with Gasteiger partial charge in [-0.25, -0.2) is 9.78 Å². The second-order valence-electron chi connectivity index (χ2n) is 11.3. The van der Waals surface area contributed by atoms with Gasteiger partial charge in [-0.15, -0.1) is 0 Å². The molecule has 3 fully saturated rings. The quantitative estimate of drug-likeness (QED) is 0.597. The second kappa shape index (κ2) is 8.85.